The van der Waals surface area contributed by atoms with Gasteiger partial charge in [-0.2, -0.15) is 0 Å². The molecule has 0 saturated heterocycles. The molecule has 2 N–H and O–H groups in total. The largest absolute Gasteiger partial charge is 0.393 e. The summed E-state index contributed by atoms with van der Waals surface area (Å²) in [6.45, 7) is 4.22. The highest BCUT2D eigenvalue weighted by molar-refractivity contribution is 5.83. The van der Waals surface area contributed by atoms with Gasteiger partial charge in [0.1, 0.15) is 6.61 Å². The average molecular weight is 386 g/mol. The fourth-order valence-electron chi connectivity index (χ4n) is 7.78. The zero-order chi connectivity index (χ0) is 19.7. The highest BCUT2D eigenvalue weighted by Gasteiger charge is 2.60. The van der Waals surface area contributed by atoms with Crippen LogP contribution >= 0.6 is 0 Å². The molecule has 1 aromatic rings. The minimum absolute atomic E-state index is 0.00711. The van der Waals surface area contributed by atoms with Crippen molar-refractivity contribution < 1.29 is 19.5 Å². The summed E-state index contributed by atoms with van der Waals surface area (Å²) in [6, 6.07) is 0. The van der Waals surface area contributed by atoms with E-state index in [4.69, 9.17) is 4.52 Å². The minimum atomic E-state index is -0.357. The van der Waals surface area contributed by atoms with Gasteiger partial charge in [0.2, 0.25) is 0 Å². The van der Waals surface area contributed by atoms with Crippen molar-refractivity contribution in [1.29, 1.82) is 0 Å². The van der Waals surface area contributed by atoms with E-state index in [0.717, 1.165) is 56.3 Å². The lowest BCUT2D eigenvalue weighted by Gasteiger charge is -2.53. The van der Waals surface area contributed by atoms with Crippen LogP contribution in [0, 0.1) is 34.5 Å². The molecule has 5 nitrogen and oxygen atoms in total. The predicted molar refractivity (Wildman–Crippen MR) is 104 cm³/mol. The Balaban J connectivity index is 1.55. The number of nitrogens with zero attached hydrogens (tertiary/aromatic N) is 1. The number of allylic oxidation sites excluding steroid dienone is 1. The molecule has 4 aliphatic carbocycles. The van der Waals surface area contributed by atoms with Gasteiger partial charge in [0.05, 0.1) is 12.3 Å². The van der Waals surface area contributed by atoms with Crippen LogP contribution in [0.4, 0.5) is 0 Å². The number of ketones is 1. The summed E-state index contributed by atoms with van der Waals surface area (Å²) in [5.41, 5.74) is 2.35. The lowest BCUT2D eigenvalue weighted by atomic mass is 9.52. The highest BCUT2D eigenvalue weighted by Crippen LogP contribution is 2.65. The summed E-state index contributed by atoms with van der Waals surface area (Å²) in [7, 11) is 0. The first-order chi connectivity index (χ1) is 13.4. The SMILES string of the molecule is CC12Cc3cnoc3C=C1CCC1C2[C@@H](O)CC[C@@]2(C)C1CC[C@@H]2C(=O)CO. The van der Waals surface area contributed by atoms with Gasteiger partial charge >= 0.3 is 0 Å². The molecule has 0 aliphatic heterocycles. The Kier molecular flexibility index (Phi) is 4.15. The molecule has 0 spiro atoms. The summed E-state index contributed by atoms with van der Waals surface area (Å²) in [6.07, 6.45) is 10.1. The molecule has 1 aromatic heterocycles. The van der Waals surface area contributed by atoms with E-state index in [2.05, 4.69) is 25.1 Å². The molecule has 5 heteroatoms. The van der Waals surface area contributed by atoms with E-state index in [1.807, 2.05) is 6.20 Å². The molecule has 0 bridgehead atoms. The van der Waals surface area contributed by atoms with Crippen LogP contribution in [0.2, 0.25) is 0 Å². The van der Waals surface area contributed by atoms with Crippen molar-refractivity contribution >= 4 is 11.9 Å². The van der Waals surface area contributed by atoms with Crippen LogP contribution in [-0.4, -0.2) is 33.9 Å². The summed E-state index contributed by atoms with van der Waals surface area (Å²) in [5, 5.41) is 24.8. The van der Waals surface area contributed by atoms with Crippen LogP contribution in [0.3, 0.4) is 0 Å². The van der Waals surface area contributed by atoms with E-state index in [-0.39, 0.29) is 41.2 Å². The summed E-state index contributed by atoms with van der Waals surface area (Å²) in [4.78, 5) is 12.5. The number of rotatable bonds is 2. The third kappa shape index (κ3) is 2.38. The van der Waals surface area contributed by atoms with Crippen molar-refractivity contribution in [2.75, 3.05) is 6.61 Å². The van der Waals surface area contributed by atoms with E-state index < -0.39 is 0 Å². The van der Waals surface area contributed by atoms with Gasteiger partial charge in [0, 0.05) is 11.5 Å². The second-order valence-corrected chi connectivity index (χ2v) is 10.2. The second-order valence-electron chi connectivity index (χ2n) is 10.2. The Morgan fingerprint density at radius 3 is 2.89 bits per heavy atom. The summed E-state index contributed by atoms with van der Waals surface area (Å²) >= 11 is 0. The number of aliphatic hydroxyl groups excluding tert-OH is 2. The third-order valence-corrected chi connectivity index (χ3v) is 9.08. The van der Waals surface area contributed by atoms with E-state index in [1.165, 1.54) is 5.57 Å². The van der Waals surface area contributed by atoms with Gasteiger partial charge in [-0.25, -0.2) is 0 Å². The molecule has 4 aliphatic rings. The molecule has 28 heavy (non-hydrogen) atoms. The first-order valence-corrected chi connectivity index (χ1v) is 10.8. The van der Waals surface area contributed by atoms with Crippen LogP contribution in [0.25, 0.3) is 6.08 Å². The number of fused-ring (bicyclic) bond motifs is 6. The Bertz CT molecular complexity index is 828. The zero-order valence-electron chi connectivity index (χ0n) is 16.9. The molecule has 152 valence electrons. The third-order valence-electron chi connectivity index (χ3n) is 9.08. The Morgan fingerprint density at radius 2 is 2.11 bits per heavy atom. The predicted octanol–water partition coefficient (Wildman–Crippen LogP) is 3.40. The molecule has 0 amide bonds. The monoisotopic (exact) mass is 385 g/mol. The van der Waals surface area contributed by atoms with Crippen molar-refractivity contribution in [1.82, 2.24) is 5.16 Å². The number of aromatic nitrogens is 1. The molecular formula is C23H31NO4. The average Bonchev–Trinajstić information content (AvgIpc) is 3.23. The van der Waals surface area contributed by atoms with E-state index in [9.17, 15) is 15.0 Å². The van der Waals surface area contributed by atoms with Crippen LogP contribution in [-0.2, 0) is 11.2 Å². The molecule has 1 heterocycles. The quantitative estimate of drug-likeness (QED) is 0.815. The van der Waals surface area contributed by atoms with Crippen LogP contribution in [0.15, 0.2) is 16.3 Å². The number of hydrogen-bond acceptors (Lipinski definition) is 5. The fraction of sp³-hybridized carbons (Fsp3) is 0.739. The van der Waals surface area contributed by atoms with Gasteiger partial charge in [0.25, 0.3) is 0 Å². The van der Waals surface area contributed by atoms with Crippen molar-refractivity contribution in [2.24, 2.45) is 34.5 Å². The van der Waals surface area contributed by atoms with Gasteiger partial charge in [-0.15, -0.1) is 0 Å². The zero-order valence-corrected chi connectivity index (χ0v) is 16.9. The molecule has 3 fully saturated rings. The first kappa shape index (κ1) is 18.6. The Hall–Kier alpha value is -1.46. The molecule has 5 rings (SSSR count). The maximum atomic E-state index is 12.5. The van der Waals surface area contributed by atoms with E-state index in [1.54, 1.807) is 0 Å². The number of Topliss-reactive ketones (excluding diaryl/α,β-unsaturated/α-hetero) is 1. The standard InChI is InChI=1S/C23H31NO4/c1-22-8-7-18(26)21-15(16(22)5-6-17(22)19(27)12-25)4-3-14-9-20-13(11-24-28-20)10-23(14,21)2/h9,11,15-18,21,25-26H,3-8,10,12H2,1-2H3/t15?,16?,17-,18+,21?,22+,23?/m1/s1. The number of hydrogen-bond donors (Lipinski definition) is 2. The topological polar surface area (TPSA) is 83.6 Å². The van der Waals surface area contributed by atoms with Gasteiger partial charge in [-0.1, -0.05) is 24.6 Å². The van der Waals surface area contributed by atoms with Crippen molar-refractivity contribution in [3.63, 3.8) is 0 Å². The summed E-state index contributed by atoms with van der Waals surface area (Å²) < 4.78 is 5.43. The van der Waals surface area contributed by atoms with E-state index >= 15 is 0 Å². The fourth-order valence-corrected chi connectivity index (χ4v) is 7.78. The normalized spacial score (nSPS) is 44.6. The van der Waals surface area contributed by atoms with Gasteiger partial charge in [-0.05, 0) is 79.6 Å². The van der Waals surface area contributed by atoms with Crippen molar-refractivity contribution in [3.05, 3.63) is 23.1 Å². The minimum Gasteiger partial charge on any atom is -0.393 e. The Morgan fingerprint density at radius 1 is 1.29 bits per heavy atom. The maximum absolute atomic E-state index is 12.5. The second kappa shape index (κ2) is 6.27. The molecule has 4 unspecified atom stereocenters. The highest BCUT2D eigenvalue weighted by atomic mass is 16.5. The van der Waals surface area contributed by atoms with Crippen molar-refractivity contribution in [3.8, 4) is 0 Å². The van der Waals surface area contributed by atoms with Gasteiger partial charge in [-0.3, -0.25) is 4.79 Å². The number of aliphatic hydroxyl groups is 2. The molecule has 0 radical (unpaired) electrons. The van der Waals surface area contributed by atoms with Gasteiger partial charge in [0.15, 0.2) is 11.5 Å². The van der Waals surface area contributed by atoms with Crippen molar-refractivity contribution in [2.45, 2.75) is 64.9 Å². The maximum Gasteiger partial charge on any atom is 0.162 e. The number of carbonyl (C=O) groups excluding carboxylic acids is 1. The molecular weight excluding hydrogens is 354 g/mol. The van der Waals surface area contributed by atoms with Crippen LogP contribution < -0.4 is 0 Å². The lowest BCUT2D eigenvalue weighted by Crippen LogP contribution is -2.49. The van der Waals surface area contributed by atoms with Crippen LogP contribution in [0.1, 0.15) is 63.7 Å². The van der Waals surface area contributed by atoms with Crippen LogP contribution in [0.5, 0.6) is 0 Å². The first-order valence-electron chi connectivity index (χ1n) is 10.8. The number of carbonyl (C=O) groups is 1. The molecule has 0 aromatic carbocycles. The molecule has 3 saturated carbocycles. The van der Waals surface area contributed by atoms with Gasteiger partial charge < -0.3 is 14.7 Å². The van der Waals surface area contributed by atoms with E-state index in [0.29, 0.717) is 11.8 Å². The molecule has 7 atom stereocenters. The summed E-state index contributed by atoms with van der Waals surface area (Å²) in [5.74, 6) is 1.88. The Labute approximate surface area is 166 Å². The lowest BCUT2D eigenvalue weighted by molar-refractivity contribution is -0.129. The smallest absolute Gasteiger partial charge is 0.162 e.